The normalized spacial score (nSPS) is 8.77. The summed E-state index contributed by atoms with van der Waals surface area (Å²) in [5, 5.41) is -1.36. The van der Waals surface area contributed by atoms with E-state index in [1.54, 1.807) is 12.1 Å². The first-order valence-electron chi connectivity index (χ1n) is 3.11. The molecule has 64 valence electrons. The molecule has 0 bridgehead atoms. The van der Waals surface area contributed by atoms with Crippen LogP contribution in [0.1, 0.15) is 22.1 Å². The molecule has 0 heterocycles. The van der Waals surface area contributed by atoms with Gasteiger partial charge in [0.05, 0.1) is 0 Å². The van der Waals surface area contributed by atoms with E-state index in [2.05, 4.69) is 0 Å². The average molecular weight is 243 g/mol. The van der Waals surface area contributed by atoms with Gasteiger partial charge in [0.1, 0.15) is 0 Å². The number of rotatable bonds is 2. The molecule has 0 saturated carbocycles. The van der Waals surface area contributed by atoms with E-state index >= 15 is 0 Å². The predicted molar refractivity (Wildman–Crippen MR) is 47.9 cm³/mol. The maximum absolute atomic E-state index is 10.7. The van der Waals surface area contributed by atoms with E-state index in [1.807, 2.05) is 0 Å². The van der Waals surface area contributed by atoms with Gasteiger partial charge in [0, 0.05) is 11.1 Å². The Bertz CT molecular complexity index is 311. The molecule has 0 aliphatic heterocycles. The molecule has 0 amide bonds. The molecule has 0 saturated heterocycles. The fourth-order valence-electron chi connectivity index (χ4n) is 0.826. The minimum Gasteiger partial charge on any atom is -1.00 e. The molecule has 0 aromatic heterocycles. The van der Waals surface area contributed by atoms with Crippen molar-refractivity contribution < 1.29 is 62.4 Å². The molecule has 0 aliphatic rings. The van der Waals surface area contributed by atoms with Gasteiger partial charge >= 0.3 is 51.4 Å². The van der Waals surface area contributed by atoms with Crippen LogP contribution in [0.2, 0.25) is 0 Å². The molecule has 2 nitrogen and oxygen atoms in total. The van der Waals surface area contributed by atoms with Gasteiger partial charge in [-0.3, -0.25) is 9.59 Å². The second-order valence-corrected chi connectivity index (χ2v) is 2.78. The Kier molecular flexibility index (Phi) is 6.67. The van der Waals surface area contributed by atoms with Crippen molar-refractivity contribution >= 4 is 33.7 Å². The summed E-state index contributed by atoms with van der Waals surface area (Å²) < 4.78 is 0. The minimum atomic E-state index is -0.681. The molecule has 0 fully saturated rings. The molecule has 0 radical (unpaired) electrons. The van der Waals surface area contributed by atoms with Gasteiger partial charge < -0.3 is 1.43 Å². The van der Waals surface area contributed by atoms with Crippen LogP contribution in [0.15, 0.2) is 24.3 Å². The Morgan fingerprint density at radius 1 is 1.00 bits per heavy atom. The first-order valence-corrected chi connectivity index (χ1v) is 3.87. The number of carbonyl (C=O) groups is 2. The van der Waals surface area contributed by atoms with Gasteiger partial charge in [-0.2, -0.15) is 0 Å². The van der Waals surface area contributed by atoms with E-state index in [9.17, 15) is 9.59 Å². The largest absolute Gasteiger partial charge is 1.00 e. The first kappa shape index (κ1) is 13.8. The van der Waals surface area contributed by atoms with Crippen LogP contribution in [0.3, 0.4) is 0 Å². The fourth-order valence-corrected chi connectivity index (χ4v) is 1.16. The molecule has 13 heavy (non-hydrogen) atoms. The summed E-state index contributed by atoms with van der Waals surface area (Å²) in [4.78, 5) is 21.5. The quantitative estimate of drug-likeness (QED) is 0.521. The third-order valence-corrected chi connectivity index (χ3v) is 1.76. The van der Waals surface area contributed by atoms with E-state index in [0.717, 1.165) is 0 Å². The zero-order valence-corrected chi connectivity index (χ0v) is 11.5. The Morgan fingerprint density at radius 3 is 1.54 bits per heavy atom. The molecule has 1 aromatic rings. The van der Waals surface area contributed by atoms with Crippen molar-refractivity contribution in [2.45, 2.75) is 0 Å². The van der Waals surface area contributed by atoms with Gasteiger partial charge in [0.25, 0.3) is 10.5 Å². The van der Waals surface area contributed by atoms with Crippen molar-refractivity contribution in [1.82, 2.24) is 0 Å². The third-order valence-electron chi connectivity index (χ3n) is 1.35. The number of hydrogen-bond acceptors (Lipinski definition) is 2. The van der Waals surface area contributed by atoms with E-state index < -0.39 is 10.5 Å². The minimum absolute atomic E-state index is 0. The number of halogens is 2. The monoisotopic (exact) mass is 242 g/mol. The number of carbonyl (C=O) groups excluding carboxylic acids is 2. The van der Waals surface area contributed by atoms with Gasteiger partial charge in [-0.1, -0.05) is 12.1 Å². The first-order chi connectivity index (χ1) is 5.63. The van der Waals surface area contributed by atoms with E-state index in [0.29, 0.717) is 0 Å². The Labute approximate surface area is 129 Å². The summed E-state index contributed by atoms with van der Waals surface area (Å²) in [7, 11) is 0. The third kappa shape index (κ3) is 3.79. The van der Waals surface area contributed by atoms with Crippen LogP contribution in [-0.2, 0) is 0 Å². The smallest absolute Gasteiger partial charge is 1.00 e. The van der Waals surface area contributed by atoms with E-state index in [1.165, 1.54) is 12.1 Å². The average Bonchev–Trinajstić information content (AvgIpc) is 2.04. The molecule has 0 unspecified atom stereocenters. The molecule has 5 heteroatoms. The van der Waals surface area contributed by atoms with Crippen LogP contribution in [0.5, 0.6) is 0 Å². The van der Waals surface area contributed by atoms with Crippen molar-refractivity contribution in [3.63, 3.8) is 0 Å². The fraction of sp³-hybridized carbons (Fsp3) is 0. The Morgan fingerprint density at radius 2 is 1.31 bits per heavy atom. The molecule has 1 rings (SSSR count). The van der Waals surface area contributed by atoms with Crippen LogP contribution in [0.4, 0.5) is 0 Å². The Hall–Kier alpha value is 0.776. The van der Waals surface area contributed by atoms with Gasteiger partial charge in [-0.25, -0.2) is 0 Å². The summed E-state index contributed by atoms with van der Waals surface area (Å²) >= 11 is 10.4. The SMILES string of the molecule is O=C(Cl)c1ccccc1C(=O)Cl.[H-].[K+]. The van der Waals surface area contributed by atoms with Crippen molar-refractivity contribution in [3.8, 4) is 0 Å². The Balaban J connectivity index is 0. The van der Waals surface area contributed by atoms with Crippen LogP contribution in [0, 0.1) is 0 Å². The van der Waals surface area contributed by atoms with Crippen LogP contribution in [-0.4, -0.2) is 10.5 Å². The molecule has 0 aliphatic carbocycles. The summed E-state index contributed by atoms with van der Waals surface area (Å²) in [5.74, 6) is 0. The number of benzene rings is 1. The van der Waals surface area contributed by atoms with Crippen molar-refractivity contribution in [1.29, 1.82) is 0 Å². The summed E-state index contributed by atoms with van der Waals surface area (Å²) in [5.41, 5.74) is 0.276. The van der Waals surface area contributed by atoms with Crippen molar-refractivity contribution in [2.24, 2.45) is 0 Å². The van der Waals surface area contributed by atoms with Gasteiger partial charge in [0.2, 0.25) is 0 Å². The molecular formula is C8H5Cl2KO2. The number of hydrogen-bond donors (Lipinski definition) is 0. The van der Waals surface area contributed by atoms with Crippen LogP contribution in [0.25, 0.3) is 0 Å². The van der Waals surface area contributed by atoms with Crippen LogP contribution >= 0.6 is 23.2 Å². The molecule has 0 atom stereocenters. The maximum atomic E-state index is 10.7. The zero-order chi connectivity index (χ0) is 9.14. The van der Waals surface area contributed by atoms with Gasteiger partial charge in [0.15, 0.2) is 0 Å². The summed E-state index contributed by atoms with van der Waals surface area (Å²) in [6.07, 6.45) is 0. The molecule has 0 N–H and O–H groups in total. The topological polar surface area (TPSA) is 34.1 Å². The second kappa shape index (κ2) is 6.30. The molecular weight excluding hydrogens is 238 g/mol. The zero-order valence-electron chi connectivity index (χ0n) is 7.88. The summed E-state index contributed by atoms with van der Waals surface area (Å²) in [6.45, 7) is 0. The maximum Gasteiger partial charge on any atom is 1.00 e. The van der Waals surface area contributed by atoms with Gasteiger partial charge in [-0.15, -0.1) is 0 Å². The standard InChI is InChI=1S/C8H4Cl2O2.K.H/c9-7(11)5-3-1-2-4-6(5)8(10)12;;/h1-4H;;/q;+1;-1. The van der Waals surface area contributed by atoms with Crippen LogP contribution < -0.4 is 51.4 Å². The van der Waals surface area contributed by atoms with E-state index in [4.69, 9.17) is 23.2 Å². The van der Waals surface area contributed by atoms with Crippen molar-refractivity contribution in [2.75, 3.05) is 0 Å². The summed E-state index contributed by atoms with van der Waals surface area (Å²) in [6, 6.07) is 6.12. The van der Waals surface area contributed by atoms with E-state index in [-0.39, 0.29) is 63.9 Å². The van der Waals surface area contributed by atoms with Gasteiger partial charge in [-0.05, 0) is 35.3 Å². The molecule has 0 spiro atoms. The molecule has 1 aromatic carbocycles. The predicted octanol–water partition coefficient (Wildman–Crippen LogP) is -0.439. The second-order valence-electron chi connectivity index (χ2n) is 2.09. The van der Waals surface area contributed by atoms with Crippen molar-refractivity contribution in [3.05, 3.63) is 35.4 Å².